The molecule has 0 saturated heterocycles. The highest BCUT2D eigenvalue weighted by Crippen LogP contribution is 2.36. The van der Waals surface area contributed by atoms with Crippen LogP contribution in [0, 0.1) is 6.92 Å². The Morgan fingerprint density at radius 3 is 2.44 bits per heavy atom. The third-order valence-corrected chi connectivity index (χ3v) is 8.70. The Morgan fingerprint density at radius 1 is 0.980 bits per heavy atom. The first-order valence-electron chi connectivity index (χ1n) is 16.8. The second kappa shape index (κ2) is 15.9. The zero-order valence-corrected chi connectivity index (χ0v) is 28.4. The summed E-state index contributed by atoms with van der Waals surface area (Å²) in [6, 6.07) is 10.8. The maximum absolute atomic E-state index is 13.6. The van der Waals surface area contributed by atoms with Gasteiger partial charge in [-0.2, -0.15) is 0 Å². The van der Waals surface area contributed by atoms with E-state index in [1.807, 2.05) is 50.2 Å². The Bertz CT molecular complexity index is 1710. The number of ether oxygens (including phenoxy) is 1. The number of aliphatic hydroxyl groups is 1. The number of aromatic nitrogens is 3. The van der Waals surface area contributed by atoms with Crippen molar-refractivity contribution in [3.8, 4) is 5.75 Å². The molecular formula is C35H44N8O7. The molecule has 1 saturated carbocycles. The number of nitrogens with zero attached hydrogens (tertiary/aromatic N) is 3. The molecule has 266 valence electrons. The molecule has 5 amide bonds. The summed E-state index contributed by atoms with van der Waals surface area (Å²) in [6.45, 7) is 5.50. The highest BCUT2D eigenvalue weighted by atomic mass is 16.5. The lowest BCUT2D eigenvalue weighted by atomic mass is 10.0. The Balaban J connectivity index is 1.43. The SMILES string of the molecule is CCC[C@@H]1NC(=O)c2cc(C)ccc2OCCn2cc(nn2)CNC(=O)[C@H](Cc2ccccc2)NC(=O)[C@H]([C@@H](C)O)NC(=O)C2(CC2)NC1=O. The Hall–Kier alpha value is -5.31. The van der Waals surface area contributed by atoms with Crippen molar-refractivity contribution in [2.24, 2.45) is 0 Å². The topological polar surface area (TPSA) is 206 Å². The minimum absolute atomic E-state index is 0.0147. The molecule has 1 aliphatic carbocycles. The van der Waals surface area contributed by atoms with Gasteiger partial charge < -0.3 is 36.4 Å². The van der Waals surface area contributed by atoms with Crippen molar-refractivity contribution >= 4 is 29.5 Å². The van der Waals surface area contributed by atoms with E-state index in [2.05, 4.69) is 36.9 Å². The van der Waals surface area contributed by atoms with Gasteiger partial charge in [-0.1, -0.05) is 60.5 Å². The highest BCUT2D eigenvalue weighted by molar-refractivity contribution is 6.02. The van der Waals surface area contributed by atoms with Gasteiger partial charge in [-0.05, 0) is 50.8 Å². The van der Waals surface area contributed by atoms with Crippen molar-refractivity contribution < 1.29 is 33.8 Å². The Labute approximate surface area is 289 Å². The fourth-order valence-electron chi connectivity index (χ4n) is 5.68. The van der Waals surface area contributed by atoms with Crippen LogP contribution in [0.1, 0.15) is 66.7 Å². The number of carbonyl (C=O) groups excluding carboxylic acids is 5. The van der Waals surface area contributed by atoms with Crippen LogP contribution in [0.4, 0.5) is 0 Å². The summed E-state index contributed by atoms with van der Waals surface area (Å²) >= 11 is 0. The van der Waals surface area contributed by atoms with Crippen LogP contribution in [0.2, 0.25) is 0 Å². The number of hydrogen-bond donors (Lipinski definition) is 6. The van der Waals surface area contributed by atoms with Crippen LogP contribution in [-0.4, -0.2) is 86.0 Å². The standard InChI is InChI=1S/C35H44N8O7/c1-4-8-26-32(47)40-35(13-14-35)34(49)39-29(22(3)44)33(48)38-27(18-23-9-6-5-7-10-23)31(46)36-19-24-20-43(42-41-24)15-16-50-28-12-11-21(2)17-25(28)30(45)37-26/h5-7,9-12,17,20,22,26-27,29,44H,4,8,13-16,18-19H2,1-3H3,(H,36,46)(H,37,45)(H,38,48)(H,39,49)(H,40,47)/t22-,26+,27+,29+/m1/s1. The maximum atomic E-state index is 13.6. The molecular weight excluding hydrogens is 644 g/mol. The number of rotatable bonds is 5. The molecule has 2 heterocycles. The molecule has 50 heavy (non-hydrogen) atoms. The quantitative estimate of drug-likeness (QED) is 0.220. The summed E-state index contributed by atoms with van der Waals surface area (Å²) in [5.41, 5.74) is 0.967. The lowest BCUT2D eigenvalue weighted by molar-refractivity contribution is -0.136. The number of hydrogen-bond acceptors (Lipinski definition) is 9. The molecule has 1 aromatic heterocycles. The van der Waals surface area contributed by atoms with Crippen molar-refractivity contribution in [3.63, 3.8) is 0 Å². The Morgan fingerprint density at radius 2 is 1.74 bits per heavy atom. The number of nitrogens with one attached hydrogen (secondary N) is 5. The number of carbonyl (C=O) groups is 5. The summed E-state index contributed by atoms with van der Waals surface area (Å²) in [5.74, 6) is -2.69. The van der Waals surface area contributed by atoms with Crippen molar-refractivity contribution in [2.45, 2.75) is 95.7 Å². The fourth-order valence-corrected chi connectivity index (χ4v) is 5.68. The van der Waals surface area contributed by atoms with E-state index in [0.717, 1.165) is 11.1 Å². The van der Waals surface area contributed by atoms with E-state index in [1.165, 1.54) is 6.92 Å². The van der Waals surface area contributed by atoms with E-state index >= 15 is 0 Å². The van der Waals surface area contributed by atoms with E-state index in [9.17, 15) is 29.1 Å². The van der Waals surface area contributed by atoms with Gasteiger partial charge in [0.05, 0.1) is 31.0 Å². The van der Waals surface area contributed by atoms with E-state index in [4.69, 9.17) is 4.74 Å². The van der Waals surface area contributed by atoms with E-state index < -0.39 is 59.3 Å². The zero-order valence-electron chi connectivity index (χ0n) is 28.4. The highest BCUT2D eigenvalue weighted by Gasteiger charge is 2.53. The Kier molecular flexibility index (Phi) is 11.5. The third-order valence-electron chi connectivity index (χ3n) is 8.70. The summed E-state index contributed by atoms with van der Waals surface area (Å²) in [6.07, 6.45) is 1.90. The molecule has 0 radical (unpaired) electrons. The van der Waals surface area contributed by atoms with Gasteiger partial charge >= 0.3 is 0 Å². The first kappa shape index (κ1) is 36.0. The van der Waals surface area contributed by atoms with Crippen LogP contribution in [0.3, 0.4) is 0 Å². The summed E-state index contributed by atoms with van der Waals surface area (Å²) in [4.78, 5) is 67.8. The van der Waals surface area contributed by atoms with Gasteiger partial charge in [-0.3, -0.25) is 24.0 Å². The summed E-state index contributed by atoms with van der Waals surface area (Å²) < 4.78 is 7.52. The van der Waals surface area contributed by atoms with Crippen molar-refractivity contribution in [1.29, 1.82) is 0 Å². The molecule has 1 aliphatic heterocycles. The van der Waals surface area contributed by atoms with Crippen molar-refractivity contribution in [2.75, 3.05) is 6.61 Å². The summed E-state index contributed by atoms with van der Waals surface area (Å²) in [5, 5.41) is 32.5. The molecule has 15 heteroatoms. The average Bonchev–Trinajstić information content (AvgIpc) is 3.73. The number of aliphatic hydroxyl groups excluding tert-OH is 1. The molecule has 0 unspecified atom stereocenters. The molecule has 15 nitrogen and oxygen atoms in total. The van der Waals surface area contributed by atoms with Gasteiger partial charge in [0.1, 0.15) is 41.7 Å². The van der Waals surface area contributed by atoms with Crippen LogP contribution < -0.4 is 31.3 Å². The van der Waals surface area contributed by atoms with Gasteiger partial charge in [0, 0.05) is 6.42 Å². The normalized spacial score (nSPS) is 22.5. The summed E-state index contributed by atoms with van der Waals surface area (Å²) in [7, 11) is 0. The molecule has 6 N–H and O–H groups in total. The van der Waals surface area contributed by atoms with Gasteiger partial charge in [0.2, 0.25) is 23.6 Å². The fraction of sp³-hybridized carbons (Fsp3) is 0.457. The first-order chi connectivity index (χ1) is 24.0. The van der Waals surface area contributed by atoms with Crippen molar-refractivity contribution in [1.82, 2.24) is 41.6 Å². The molecule has 5 rings (SSSR count). The second-order valence-electron chi connectivity index (χ2n) is 12.9. The van der Waals surface area contributed by atoms with Crippen LogP contribution >= 0.6 is 0 Å². The van der Waals surface area contributed by atoms with E-state index in [1.54, 1.807) is 23.0 Å². The number of fused-ring (bicyclic) bond motifs is 3. The monoisotopic (exact) mass is 688 g/mol. The smallest absolute Gasteiger partial charge is 0.255 e. The van der Waals surface area contributed by atoms with Crippen LogP contribution in [0.15, 0.2) is 54.7 Å². The van der Waals surface area contributed by atoms with E-state index in [-0.39, 0.29) is 31.7 Å². The molecule has 1 fully saturated rings. The van der Waals surface area contributed by atoms with Crippen LogP contribution in [-0.2, 0) is 38.7 Å². The van der Waals surface area contributed by atoms with Crippen LogP contribution in [0.25, 0.3) is 0 Å². The van der Waals surface area contributed by atoms with Gasteiger partial charge in [-0.15, -0.1) is 5.10 Å². The number of benzene rings is 2. The second-order valence-corrected chi connectivity index (χ2v) is 12.9. The average molecular weight is 689 g/mol. The molecule has 2 aliphatic rings. The number of amides is 5. The number of aryl methyl sites for hydroxylation is 1. The van der Waals surface area contributed by atoms with Crippen molar-refractivity contribution in [3.05, 3.63) is 77.1 Å². The molecule has 2 bridgehead atoms. The zero-order chi connectivity index (χ0) is 35.8. The van der Waals surface area contributed by atoms with E-state index in [0.29, 0.717) is 37.1 Å². The predicted octanol–water partition coefficient (Wildman–Crippen LogP) is 0.436. The molecule has 2 aromatic carbocycles. The van der Waals surface area contributed by atoms with Crippen LogP contribution in [0.5, 0.6) is 5.75 Å². The first-order valence-corrected chi connectivity index (χ1v) is 16.8. The van der Waals surface area contributed by atoms with Gasteiger partial charge in [0.15, 0.2) is 0 Å². The van der Waals surface area contributed by atoms with Gasteiger partial charge in [-0.25, -0.2) is 4.68 Å². The van der Waals surface area contributed by atoms with Gasteiger partial charge in [0.25, 0.3) is 5.91 Å². The lowest BCUT2D eigenvalue weighted by Gasteiger charge is -2.27. The predicted molar refractivity (Wildman–Crippen MR) is 181 cm³/mol. The minimum atomic E-state index is -1.43. The largest absolute Gasteiger partial charge is 0.491 e. The maximum Gasteiger partial charge on any atom is 0.255 e. The minimum Gasteiger partial charge on any atom is -0.491 e. The molecule has 4 atom stereocenters. The molecule has 3 aromatic rings. The molecule has 1 spiro atoms. The lowest BCUT2D eigenvalue weighted by Crippen LogP contribution is -2.61. The third kappa shape index (κ3) is 9.02.